The monoisotopic (exact) mass is 418 g/mol. The molecule has 11 nitrogen and oxygen atoms in total. The number of amides is 3. The summed E-state index contributed by atoms with van der Waals surface area (Å²) in [6.07, 6.45) is 0.831. The van der Waals surface area contributed by atoms with Crippen LogP contribution in [0.25, 0.3) is 0 Å². The van der Waals surface area contributed by atoms with Crippen molar-refractivity contribution in [1.82, 2.24) is 10.6 Å². The fraction of sp³-hybridized carbons (Fsp3) is 0.421. The van der Waals surface area contributed by atoms with E-state index < -0.39 is 11.9 Å². The van der Waals surface area contributed by atoms with Crippen LogP contribution in [0.1, 0.15) is 36.0 Å². The van der Waals surface area contributed by atoms with Gasteiger partial charge in [-0.1, -0.05) is 6.07 Å². The number of anilines is 1. The lowest BCUT2D eigenvalue weighted by Crippen LogP contribution is -2.38. The van der Waals surface area contributed by atoms with E-state index in [1.165, 1.54) is 0 Å². The number of hydrogen-bond acceptors (Lipinski definition) is 5. The SMILES string of the molecule is NC(N)=NCCCC(=O)Nc1cccc(C(=O)NC[C@@H]2C[C@@H](CC(=O)O)C(=O)N2)c1. The molecule has 1 saturated heterocycles. The second-order valence-electron chi connectivity index (χ2n) is 6.99. The smallest absolute Gasteiger partial charge is 0.304 e. The van der Waals surface area contributed by atoms with E-state index >= 15 is 0 Å². The van der Waals surface area contributed by atoms with Crippen molar-refractivity contribution in [3.63, 3.8) is 0 Å². The lowest BCUT2D eigenvalue weighted by Gasteiger charge is -2.12. The van der Waals surface area contributed by atoms with Gasteiger partial charge in [-0.2, -0.15) is 0 Å². The van der Waals surface area contributed by atoms with E-state index in [9.17, 15) is 19.2 Å². The molecule has 11 heteroatoms. The summed E-state index contributed by atoms with van der Waals surface area (Å²) in [5.74, 6) is -2.55. The van der Waals surface area contributed by atoms with Gasteiger partial charge in [-0.3, -0.25) is 24.2 Å². The largest absolute Gasteiger partial charge is 0.481 e. The third kappa shape index (κ3) is 7.41. The number of carbonyl (C=O) groups excluding carboxylic acids is 3. The Morgan fingerprint density at radius 2 is 2.03 bits per heavy atom. The Morgan fingerprint density at radius 3 is 2.73 bits per heavy atom. The maximum atomic E-state index is 12.4. The predicted molar refractivity (Wildman–Crippen MR) is 110 cm³/mol. The Kier molecular flexibility index (Phi) is 8.15. The van der Waals surface area contributed by atoms with Crippen molar-refractivity contribution in [2.75, 3.05) is 18.4 Å². The van der Waals surface area contributed by atoms with Crippen LogP contribution in [0.4, 0.5) is 5.69 Å². The molecule has 1 fully saturated rings. The molecule has 1 aliphatic heterocycles. The highest BCUT2D eigenvalue weighted by Gasteiger charge is 2.33. The molecule has 0 radical (unpaired) electrons. The van der Waals surface area contributed by atoms with Crippen LogP contribution in [0.15, 0.2) is 29.3 Å². The maximum Gasteiger partial charge on any atom is 0.304 e. The molecule has 30 heavy (non-hydrogen) atoms. The molecule has 2 atom stereocenters. The van der Waals surface area contributed by atoms with Gasteiger partial charge in [0, 0.05) is 36.8 Å². The van der Waals surface area contributed by atoms with E-state index in [0.717, 1.165) is 0 Å². The van der Waals surface area contributed by atoms with Crippen molar-refractivity contribution in [1.29, 1.82) is 0 Å². The third-order valence-electron chi connectivity index (χ3n) is 4.48. The number of hydrogen-bond donors (Lipinski definition) is 6. The van der Waals surface area contributed by atoms with Gasteiger partial charge in [-0.15, -0.1) is 0 Å². The lowest BCUT2D eigenvalue weighted by atomic mass is 10.0. The number of aliphatic imine (C=N–C) groups is 1. The van der Waals surface area contributed by atoms with Gasteiger partial charge in [0.15, 0.2) is 5.96 Å². The number of benzene rings is 1. The van der Waals surface area contributed by atoms with Crippen molar-refractivity contribution < 1.29 is 24.3 Å². The first-order chi connectivity index (χ1) is 14.2. The van der Waals surface area contributed by atoms with Gasteiger partial charge in [-0.25, -0.2) is 0 Å². The summed E-state index contributed by atoms with van der Waals surface area (Å²) in [6, 6.07) is 6.13. The second-order valence-corrected chi connectivity index (χ2v) is 6.99. The molecule has 1 heterocycles. The highest BCUT2D eigenvalue weighted by atomic mass is 16.4. The molecule has 1 aromatic rings. The van der Waals surface area contributed by atoms with Gasteiger partial charge in [0.05, 0.1) is 12.3 Å². The second kappa shape index (κ2) is 10.8. The number of carboxylic acid groups (broad SMARTS) is 1. The molecule has 2 rings (SSSR count). The van der Waals surface area contributed by atoms with E-state index in [2.05, 4.69) is 20.9 Å². The molecule has 0 spiro atoms. The number of nitrogens with zero attached hydrogens (tertiary/aromatic N) is 1. The van der Waals surface area contributed by atoms with Crippen LogP contribution in [-0.4, -0.2) is 53.9 Å². The Morgan fingerprint density at radius 1 is 1.27 bits per heavy atom. The Bertz CT molecular complexity index is 836. The zero-order valence-corrected chi connectivity index (χ0v) is 16.4. The highest BCUT2D eigenvalue weighted by molar-refractivity contribution is 5.97. The molecule has 8 N–H and O–H groups in total. The van der Waals surface area contributed by atoms with Crippen molar-refractivity contribution in [3.8, 4) is 0 Å². The zero-order valence-electron chi connectivity index (χ0n) is 16.4. The number of nitrogens with two attached hydrogens (primary N) is 2. The van der Waals surface area contributed by atoms with E-state index in [-0.39, 0.29) is 49.1 Å². The van der Waals surface area contributed by atoms with Gasteiger partial charge < -0.3 is 32.5 Å². The number of guanidine groups is 1. The molecular weight excluding hydrogens is 392 g/mol. The topological polar surface area (TPSA) is 189 Å². The van der Waals surface area contributed by atoms with Gasteiger partial charge in [0.25, 0.3) is 5.91 Å². The third-order valence-corrected chi connectivity index (χ3v) is 4.48. The normalized spacial score (nSPS) is 17.7. The minimum atomic E-state index is -1.03. The minimum absolute atomic E-state index is 0.0244. The van der Waals surface area contributed by atoms with Gasteiger partial charge >= 0.3 is 5.97 Å². The first-order valence-corrected chi connectivity index (χ1v) is 9.50. The molecule has 3 amide bonds. The molecular formula is C19H26N6O5. The molecule has 0 bridgehead atoms. The molecule has 0 aliphatic carbocycles. The molecule has 0 saturated carbocycles. The first-order valence-electron chi connectivity index (χ1n) is 9.50. The standard InChI is InChI=1S/C19H26N6O5/c20-19(21)22-6-2-5-15(26)24-13-4-1-3-11(7-13)17(29)23-10-14-8-12(9-16(27)28)18(30)25-14/h1,3-4,7,12,14H,2,5-6,8-10H2,(H,23,29)(H,24,26)(H,25,30)(H,27,28)(H4,20,21,22)/t12-,14-/m0/s1. The van der Waals surface area contributed by atoms with Crippen molar-refractivity contribution in [3.05, 3.63) is 29.8 Å². The fourth-order valence-corrected chi connectivity index (χ4v) is 3.08. The minimum Gasteiger partial charge on any atom is -0.481 e. The maximum absolute atomic E-state index is 12.4. The average molecular weight is 418 g/mol. The van der Waals surface area contributed by atoms with Gasteiger partial charge in [-0.05, 0) is 31.0 Å². The fourth-order valence-electron chi connectivity index (χ4n) is 3.08. The Balaban J connectivity index is 1.81. The lowest BCUT2D eigenvalue weighted by molar-refractivity contribution is -0.140. The summed E-state index contributed by atoms with van der Waals surface area (Å²) in [6.45, 7) is 0.533. The number of carboxylic acids is 1. The van der Waals surface area contributed by atoms with Crippen LogP contribution < -0.4 is 27.4 Å². The van der Waals surface area contributed by atoms with E-state index in [1.54, 1.807) is 24.3 Å². The van der Waals surface area contributed by atoms with Crippen LogP contribution in [-0.2, 0) is 14.4 Å². The number of aliphatic carboxylic acids is 1. The van der Waals surface area contributed by atoms with Gasteiger partial charge in [0.2, 0.25) is 11.8 Å². The number of carbonyl (C=O) groups is 4. The van der Waals surface area contributed by atoms with Crippen molar-refractivity contribution in [2.24, 2.45) is 22.4 Å². The first kappa shape index (κ1) is 22.7. The van der Waals surface area contributed by atoms with E-state index in [0.29, 0.717) is 30.6 Å². The number of nitrogens with one attached hydrogen (secondary N) is 3. The summed E-state index contributed by atoms with van der Waals surface area (Å²) in [7, 11) is 0. The quantitative estimate of drug-likeness (QED) is 0.166. The van der Waals surface area contributed by atoms with Crippen molar-refractivity contribution >= 4 is 35.3 Å². The summed E-state index contributed by atoms with van der Waals surface area (Å²) in [5, 5.41) is 16.9. The molecule has 1 aromatic carbocycles. The van der Waals surface area contributed by atoms with Gasteiger partial charge in [0.1, 0.15) is 0 Å². The summed E-state index contributed by atoms with van der Waals surface area (Å²) in [4.78, 5) is 50.7. The van der Waals surface area contributed by atoms with E-state index in [4.69, 9.17) is 16.6 Å². The highest BCUT2D eigenvalue weighted by Crippen LogP contribution is 2.19. The summed E-state index contributed by atoms with van der Waals surface area (Å²) in [5.41, 5.74) is 11.3. The molecule has 162 valence electrons. The molecule has 0 unspecified atom stereocenters. The predicted octanol–water partition coefficient (Wildman–Crippen LogP) is -0.612. The van der Waals surface area contributed by atoms with Crippen LogP contribution in [0.2, 0.25) is 0 Å². The molecule has 0 aromatic heterocycles. The number of rotatable bonds is 10. The van der Waals surface area contributed by atoms with E-state index in [1.807, 2.05) is 0 Å². The Labute approximate surface area is 173 Å². The average Bonchev–Trinajstić information content (AvgIpc) is 3.02. The van der Waals surface area contributed by atoms with Crippen LogP contribution in [0, 0.1) is 5.92 Å². The summed E-state index contributed by atoms with van der Waals surface area (Å²) < 4.78 is 0. The Hall–Kier alpha value is -3.63. The zero-order chi connectivity index (χ0) is 22.1. The molecule has 1 aliphatic rings. The van der Waals surface area contributed by atoms with Crippen LogP contribution >= 0.6 is 0 Å². The van der Waals surface area contributed by atoms with Crippen LogP contribution in [0.3, 0.4) is 0 Å². The van der Waals surface area contributed by atoms with Crippen molar-refractivity contribution in [2.45, 2.75) is 31.7 Å². The van der Waals surface area contributed by atoms with Crippen LogP contribution in [0.5, 0.6) is 0 Å². The summed E-state index contributed by atoms with van der Waals surface area (Å²) >= 11 is 0.